The molecule has 126 valence electrons. The lowest BCUT2D eigenvalue weighted by Gasteiger charge is -2.18. The monoisotopic (exact) mass is 346 g/mol. The first-order valence-corrected chi connectivity index (χ1v) is 9.18. The average molecular weight is 346 g/mol. The van der Waals surface area contributed by atoms with Gasteiger partial charge in [-0.1, -0.05) is 30.3 Å². The van der Waals surface area contributed by atoms with E-state index < -0.39 is 10.0 Å². The predicted octanol–water partition coefficient (Wildman–Crippen LogP) is 2.37. The van der Waals surface area contributed by atoms with Gasteiger partial charge in [0, 0.05) is 7.05 Å². The van der Waals surface area contributed by atoms with Gasteiger partial charge in [0.25, 0.3) is 0 Å². The minimum Gasteiger partial charge on any atom is -0.491 e. The number of nitrogens with one attached hydrogen (secondary N) is 1. The maximum Gasteiger partial charge on any atom is 0.236 e. The first-order valence-electron chi connectivity index (χ1n) is 7.52. The third-order valence-corrected chi connectivity index (χ3v) is 5.00. The van der Waals surface area contributed by atoms with Crippen molar-refractivity contribution < 1.29 is 17.9 Å². The molecule has 3 rings (SSSR count). The molecule has 0 spiro atoms. The number of rotatable bonds is 4. The van der Waals surface area contributed by atoms with Crippen molar-refractivity contribution in [3.8, 4) is 5.75 Å². The number of ether oxygens (including phenoxy) is 1. The normalized spacial score (nSPS) is 14.5. The Labute approximate surface area is 141 Å². The Hall–Kier alpha value is -2.54. The van der Waals surface area contributed by atoms with Crippen molar-refractivity contribution >= 4 is 27.3 Å². The Morgan fingerprint density at radius 1 is 1.17 bits per heavy atom. The van der Waals surface area contributed by atoms with Gasteiger partial charge in [-0.2, -0.15) is 0 Å². The highest BCUT2D eigenvalue weighted by Crippen LogP contribution is 2.33. The molecule has 1 aliphatic rings. The van der Waals surface area contributed by atoms with Crippen LogP contribution in [0.2, 0.25) is 0 Å². The molecule has 0 fully saturated rings. The van der Waals surface area contributed by atoms with Crippen molar-refractivity contribution in [1.29, 1.82) is 0 Å². The summed E-state index contributed by atoms with van der Waals surface area (Å²) >= 11 is 0. The zero-order valence-corrected chi connectivity index (χ0v) is 14.0. The van der Waals surface area contributed by atoms with Crippen LogP contribution in [-0.4, -0.2) is 28.0 Å². The van der Waals surface area contributed by atoms with Crippen molar-refractivity contribution in [2.75, 3.05) is 23.3 Å². The van der Waals surface area contributed by atoms with Gasteiger partial charge in [-0.25, -0.2) is 8.42 Å². The molecule has 0 saturated carbocycles. The van der Waals surface area contributed by atoms with Crippen LogP contribution in [0.4, 0.5) is 11.4 Å². The number of benzene rings is 2. The van der Waals surface area contributed by atoms with Crippen molar-refractivity contribution in [2.45, 2.75) is 12.2 Å². The summed E-state index contributed by atoms with van der Waals surface area (Å²) < 4.78 is 32.7. The second-order valence-corrected chi connectivity index (χ2v) is 7.30. The number of carbonyl (C=O) groups is 1. The van der Waals surface area contributed by atoms with Gasteiger partial charge in [0.05, 0.1) is 30.2 Å². The van der Waals surface area contributed by atoms with E-state index in [0.717, 1.165) is 0 Å². The van der Waals surface area contributed by atoms with Crippen LogP contribution < -0.4 is 14.4 Å². The van der Waals surface area contributed by atoms with Crippen LogP contribution >= 0.6 is 0 Å². The molecule has 0 atom stereocenters. The number of anilines is 2. The van der Waals surface area contributed by atoms with E-state index >= 15 is 0 Å². The first-order chi connectivity index (χ1) is 11.4. The Balaban J connectivity index is 1.83. The van der Waals surface area contributed by atoms with Crippen molar-refractivity contribution in [2.24, 2.45) is 0 Å². The van der Waals surface area contributed by atoms with Crippen molar-refractivity contribution in [3.63, 3.8) is 0 Å². The van der Waals surface area contributed by atoms with Gasteiger partial charge in [-0.3, -0.25) is 9.52 Å². The largest absolute Gasteiger partial charge is 0.491 e. The quantitative estimate of drug-likeness (QED) is 0.922. The highest BCUT2D eigenvalue weighted by atomic mass is 32.2. The third-order valence-electron chi connectivity index (χ3n) is 3.74. The number of hydrogen-bond acceptors (Lipinski definition) is 4. The van der Waals surface area contributed by atoms with Crippen LogP contribution in [0.5, 0.6) is 5.75 Å². The summed E-state index contributed by atoms with van der Waals surface area (Å²) in [5.41, 5.74) is 1.66. The lowest BCUT2D eigenvalue weighted by atomic mass is 10.2. The zero-order valence-electron chi connectivity index (χ0n) is 13.2. The van der Waals surface area contributed by atoms with Gasteiger partial charge < -0.3 is 9.64 Å². The maximum absolute atomic E-state index is 12.3. The fourth-order valence-corrected chi connectivity index (χ4v) is 3.71. The van der Waals surface area contributed by atoms with E-state index in [-0.39, 0.29) is 11.7 Å². The molecular weight excluding hydrogens is 328 g/mol. The number of hydrogen-bond donors (Lipinski definition) is 1. The molecular formula is C17H18N2O4S. The fraction of sp³-hybridized carbons (Fsp3) is 0.235. The smallest absolute Gasteiger partial charge is 0.236 e. The predicted molar refractivity (Wildman–Crippen MR) is 92.7 cm³/mol. The minimum absolute atomic E-state index is 0.0713. The summed E-state index contributed by atoms with van der Waals surface area (Å²) in [5, 5.41) is 0. The Kier molecular flexibility index (Phi) is 4.44. The molecule has 0 bridgehead atoms. The van der Waals surface area contributed by atoms with Crippen LogP contribution in [0, 0.1) is 0 Å². The van der Waals surface area contributed by atoms with E-state index in [1.54, 1.807) is 49.5 Å². The lowest BCUT2D eigenvalue weighted by Crippen LogP contribution is -2.25. The number of amides is 1. The van der Waals surface area contributed by atoms with Crippen LogP contribution in [0.25, 0.3) is 0 Å². The lowest BCUT2D eigenvalue weighted by molar-refractivity contribution is -0.118. The topological polar surface area (TPSA) is 75.7 Å². The average Bonchev–Trinajstić information content (AvgIpc) is 2.68. The Morgan fingerprint density at radius 3 is 2.67 bits per heavy atom. The molecule has 7 heteroatoms. The van der Waals surface area contributed by atoms with E-state index in [1.165, 1.54) is 4.90 Å². The van der Waals surface area contributed by atoms with Crippen LogP contribution in [-0.2, 0) is 20.6 Å². The summed E-state index contributed by atoms with van der Waals surface area (Å²) in [6.45, 7) is 0.315. The number of carbonyl (C=O) groups excluding carboxylic acids is 1. The summed E-state index contributed by atoms with van der Waals surface area (Å²) in [5.74, 6) is 0.378. The molecule has 24 heavy (non-hydrogen) atoms. The van der Waals surface area contributed by atoms with Gasteiger partial charge in [0.15, 0.2) is 0 Å². The number of sulfonamides is 1. The van der Waals surface area contributed by atoms with Gasteiger partial charge in [0.1, 0.15) is 5.75 Å². The summed E-state index contributed by atoms with van der Waals surface area (Å²) in [6, 6.07) is 13.9. The van der Waals surface area contributed by atoms with E-state index in [2.05, 4.69) is 4.72 Å². The van der Waals surface area contributed by atoms with E-state index in [0.29, 0.717) is 35.7 Å². The molecule has 2 aromatic rings. The van der Waals surface area contributed by atoms with Crippen LogP contribution in [0.15, 0.2) is 48.5 Å². The Morgan fingerprint density at radius 2 is 1.92 bits per heavy atom. The second-order valence-electron chi connectivity index (χ2n) is 5.58. The second kappa shape index (κ2) is 6.52. The highest BCUT2D eigenvalue weighted by Gasteiger charge is 2.21. The molecule has 1 heterocycles. The van der Waals surface area contributed by atoms with Crippen molar-refractivity contribution in [1.82, 2.24) is 0 Å². The van der Waals surface area contributed by atoms with Crippen LogP contribution in [0.3, 0.4) is 0 Å². The molecule has 0 aliphatic carbocycles. The summed E-state index contributed by atoms with van der Waals surface area (Å²) in [6.07, 6.45) is 0.292. The zero-order chi connectivity index (χ0) is 17.2. The first kappa shape index (κ1) is 16.3. The highest BCUT2D eigenvalue weighted by molar-refractivity contribution is 7.91. The van der Waals surface area contributed by atoms with Crippen molar-refractivity contribution in [3.05, 3.63) is 54.1 Å². The van der Waals surface area contributed by atoms with E-state index in [1.807, 2.05) is 6.07 Å². The fourth-order valence-electron chi connectivity index (χ4n) is 2.52. The van der Waals surface area contributed by atoms with Crippen LogP contribution in [0.1, 0.15) is 12.0 Å². The molecule has 1 aliphatic heterocycles. The number of nitrogens with zero attached hydrogens (tertiary/aromatic N) is 1. The van der Waals surface area contributed by atoms with Gasteiger partial charge in [0.2, 0.25) is 15.9 Å². The van der Waals surface area contributed by atoms with Gasteiger partial charge in [-0.05, 0) is 23.8 Å². The Bertz CT molecular complexity index is 850. The number of fused-ring (bicyclic) bond motifs is 1. The third kappa shape index (κ3) is 3.68. The SMILES string of the molecule is CN1C(=O)CCOc2ccc(NS(=O)(=O)Cc3ccccc3)cc21. The van der Waals surface area contributed by atoms with E-state index in [4.69, 9.17) is 4.74 Å². The molecule has 0 saturated heterocycles. The molecule has 6 nitrogen and oxygen atoms in total. The minimum atomic E-state index is -3.55. The summed E-state index contributed by atoms with van der Waals surface area (Å²) in [4.78, 5) is 13.4. The molecule has 0 radical (unpaired) electrons. The molecule has 1 amide bonds. The van der Waals surface area contributed by atoms with E-state index in [9.17, 15) is 13.2 Å². The maximum atomic E-state index is 12.3. The standard InChI is InChI=1S/C17H18N2O4S/c1-19-15-11-14(7-8-16(15)23-10-9-17(19)20)18-24(21,22)12-13-5-3-2-4-6-13/h2-8,11,18H,9-10,12H2,1H3. The molecule has 2 aromatic carbocycles. The molecule has 0 aromatic heterocycles. The molecule has 0 unspecified atom stereocenters. The molecule has 1 N–H and O–H groups in total. The van der Waals surface area contributed by atoms with Gasteiger partial charge in [-0.15, -0.1) is 0 Å². The summed E-state index contributed by atoms with van der Waals surface area (Å²) in [7, 11) is -1.90. The van der Waals surface area contributed by atoms with Gasteiger partial charge >= 0.3 is 0 Å².